The van der Waals surface area contributed by atoms with Crippen molar-refractivity contribution in [2.24, 2.45) is 0 Å². The van der Waals surface area contributed by atoms with E-state index in [9.17, 15) is 8.42 Å². The topological polar surface area (TPSA) is 74.8 Å². The third-order valence-corrected chi connectivity index (χ3v) is 5.34. The molecule has 0 aromatic carbocycles. The fraction of sp³-hybridized carbons (Fsp3) is 0.222. The van der Waals surface area contributed by atoms with Crippen LogP contribution in [0.2, 0.25) is 0 Å². The molecule has 0 spiro atoms. The van der Waals surface area contributed by atoms with Crippen LogP contribution >= 0.6 is 27.3 Å². The van der Waals surface area contributed by atoms with Gasteiger partial charge in [-0.25, -0.2) is 13.1 Å². The first kappa shape index (κ1) is 12.7. The van der Waals surface area contributed by atoms with Crippen molar-refractivity contribution >= 4 is 37.3 Å². The molecule has 5 nitrogen and oxygen atoms in total. The van der Waals surface area contributed by atoms with Crippen molar-refractivity contribution in [3.05, 3.63) is 32.7 Å². The highest BCUT2D eigenvalue weighted by Gasteiger charge is 2.18. The van der Waals surface area contributed by atoms with E-state index in [4.69, 9.17) is 0 Å². The van der Waals surface area contributed by atoms with Crippen LogP contribution in [0.25, 0.3) is 0 Å². The molecular formula is C9H10BrN3O2S2. The number of sulfonamides is 1. The maximum absolute atomic E-state index is 11.9. The third kappa shape index (κ3) is 2.95. The van der Waals surface area contributed by atoms with Crippen molar-refractivity contribution in [1.29, 1.82) is 0 Å². The van der Waals surface area contributed by atoms with Crippen LogP contribution in [0.4, 0.5) is 0 Å². The number of rotatable bonds is 4. The van der Waals surface area contributed by atoms with E-state index in [0.717, 1.165) is 9.35 Å². The smallest absolute Gasteiger partial charge is 0.244 e. The number of halogens is 1. The van der Waals surface area contributed by atoms with Gasteiger partial charge >= 0.3 is 0 Å². The van der Waals surface area contributed by atoms with Crippen molar-refractivity contribution in [3.8, 4) is 0 Å². The molecule has 0 saturated carbocycles. The summed E-state index contributed by atoms with van der Waals surface area (Å²) in [5.74, 6) is 0. The highest BCUT2D eigenvalue weighted by molar-refractivity contribution is 9.10. The van der Waals surface area contributed by atoms with Crippen LogP contribution in [0, 0.1) is 6.92 Å². The van der Waals surface area contributed by atoms with Gasteiger partial charge in [-0.1, -0.05) is 0 Å². The Kier molecular flexibility index (Phi) is 3.67. The van der Waals surface area contributed by atoms with E-state index < -0.39 is 10.0 Å². The molecule has 0 radical (unpaired) electrons. The number of nitrogens with one attached hydrogen (secondary N) is 2. The molecule has 0 unspecified atom stereocenters. The monoisotopic (exact) mass is 335 g/mol. The second-order valence-electron chi connectivity index (χ2n) is 3.42. The van der Waals surface area contributed by atoms with Crippen molar-refractivity contribution in [3.63, 3.8) is 0 Å². The summed E-state index contributed by atoms with van der Waals surface area (Å²) in [6.07, 6.45) is 1.31. The Morgan fingerprint density at radius 3 is 2.88 bits per heavy atom. The molecule has 2 rings (SSSR count). The van der Waals surface area contributed by atoms with E-state index in [2.05, 4.69) is 30.8 Å². The lowest BCUT2D eigenvalue weighted by Crippen LogP contribution is -2.23. The second kappa shape index (κ2) is 4.89. The first-order valence-electron chi connectivity index (χ1n) is 4.71. The van der Waals surface area contributed by atoms with E-state index in [1.165, 1.54) is 17.5 Å². The number of hydrogen-bond donors (Lipinski definition) is 2. The zero-order chi connectivity index (χ0) is 12.5. The number of nitrogens with zero attached hydrogens (tertiary/aromatic N) is 1. The molecule has 17 heavy (non-hydrogen) atoms. The molecule has 8 heteroatoms. The average Bonchev–Trinajstić information content (AvgIpc) is 2.85. The molecule has 2 aromatic rings. The van der Waals surface area contributed by atoms with E-state index in [1.54, 1.807) is 6.92 Å². The predicted octanol–water partition coefficient (Wildman–Crippen LogP) is 2.02. The summed E-state index contributed by atoms with van der Waals surface area (Å²) in [7, 11) is -3.49. The Labute approximate surface area is 111 Å². The van der Waals surface area contributed by atoms with Gasteiger partial charge in [-0.05, 0) is 28.9 Å². The lowest BCUT2D eigenvalue weighted by Gasteiger charge is -2.03. The lowest BCUT2D eigenvalue weighted by molar-refractivity contribution is 0.581. The van der Waals surface area contributed by atoms with Crippen LogP contribution in [0.3, 0.4) is 0 Å². The Morgan fingerprint density at radius 2 is 2.35 bits per heavy atom. The van der Waals surface area contributed by atoms with Crippen molar-refractivity contribution in [2.45, 2.75) is 18.4 Å². The average molecular weight is 336 g/mol. The largest absolute Gasteiger partial charge is 0.281 e. The number of aryl methyl sites for hydroxylation is 1. The van der Waals surface area contributed by atoms with Crippen molar-refractivity contribution < 1.29 is 8.42 Å². The molecule has 0 amide bonds. The summed E-state index contributed by atoms with van der Waals surface area (Å²) in [6.45, 7) is 1.95. The first-order valence-corrected chi connectivity index (χ1v) is 7.87. The minimum absolute atomic E-state index is 0.188. The minimum atomic E-state index is -3.49. The SMILES string of the molecule is Cc1[nH]ncc1S(=O)(=O)NCc1cc(Br)cs1. The lowest BCUT2D eigenvalue weighted by atomic mass is 10.5. The van der Waals surface area contributed by atoms with E-state index in [0.29, 0.717) is 5.69 Å². The fourth-order valence-corrected chi connectivity index (χ4v) is 3.92. The molecular weight excluding hydrogens is 326 g/mol. The van der Waals surface area contributed by atoms with Gasteiger partial charge in [-0.3, -0.25) is 5.10 Å². The summed E-state index contributed by atoms with van der Waals surface area (Å²) in [5, 5.41) is 8.21. The number of thiophene rings is 1. The molecule has 0 fully saturated rings. The summed E-state index contributed by atoms with van der Waals surface area (Å²) in [5.41, 5.74) is 0.532. The molecule has 2 aromatic heterocycles. The van der Waals surface area contributed by atoms with Gasteiger partial charge in [-0.2, -0.15) is 5.10 Å². The normalized spacial score (nSPS) is 11.9. The highest BCUT2D eigenvalue weighted by atomic mass is 79.9. The summed E-state index contributed by atoms with van der Waals surface area (Å²) in [6, 6.07) is 1.88. The van der Waals surface area contributed by atoms with Crippen molar-refractivity contribution in [2.75, 3.05) is 0 Å². The number of H-pyrrole nitrogens is 1. The van der Waals surface area contributed by atoms with E-state index in [1.807, 2.05) is 11.4 Å². The summed E-state index contributed by atoms with van der Waals surface area (Å²) in [4.78, 5) is 1.13. The van der Waals surface area contributed by atoms with E-state index >= 15 is 0 Å². The van der Waals surface area contributed by atoms with Gasteiger partial charge in [-0.15, -0.1) is 11.3 Å². The van der Waals surface area contributed by atoms with Crippen molar-refractivity contribution in [1.82, 2.24) is 14.9 Å². The zero-order valence-electron chi connectivity index (χ0n) is 8.90. The number of aromatic nitrogens is 2. The zero-order valence-corrected chi connectivity index (χ0v) is 12.1. The maximum atomic E-state index is 11.9. The maximum Gasteiger partial charge on any atom is 0.244 e. The predicted molar refractivity (Wildman–Crippen MR) is 69.4 cm³/mol. The van der Waals surface area contributed by atoms with Crippen LogP contribution in [-0.4, -0.2) is 18.6 Å². The Hall–Kier alpha value is -0.700. The molecule has 92 valence electrons. The van der Waals surface area contributed by atoms with Gasteiger partial charge in [0.25, 0.3) is 0 Å². The Morgan fingerprint density at radius 1 is 1.59 bits per heavy atom. The van der Waals surface area contributed by atoms with Gasteiger partial charge in [0, 0.05) is 21.3 Å². The van der Waals surface area contributed by atoms with Crippen LogP contribution < -0.4 is 4.72 Å². The molecule has 0 bridgehead atoms. The number of aromatic amines is 1. The third-order valence-electron chi connectivity index (χ3n) is 2.13. The molecule has 2 heterocycles. The molecule has 0 aliphatic rings. The van der Waals surface area contributed by atoms with Crippen LogP contribution in [0.5, 0.6) is 0 Å². The van der Waals surface area contributed by atoms with Gasteiger partial charge in [0.05, 0.1) is 11.9 Å². The summed E-state index contributed by atoms with van der Waals surface area (Å²) >= 11 is 4.82. The van der Waals surface area contributed by atoms with Gasteiger partial charge in [0.1, 0.15) is 4.90 Å². The minimum Gasteiger partial charge on any atom is -0.281 e. The standard InChI is InChI=1S/C9H10BrN3O2S2/c1-6-9(4-11-13-6)17(14,15)12-3-8-2-7(10)5-16-8/h2,4-5,12H,3H2,1H3,(H,11,13). The van der Waals surface area contributed by atoms with E-state index in [-0.39, 0.29) is 11.4 Å². The van der Waals surface area contributed by atoms with Crippen LogP contribution in [0.15, 0.2) is 27.0 Å². The van der Waals surface area contributed by atoms with Gasteiger partial charge in [0.2, 0.25) is 10.0 Å². The van der Waals surface area contributed by atoms with Crippen LogP contribution in [0.1, 0.15) is 10.6 Å². The quantitative estimate of drug-likeness (QED) is 0.897. The second-order valence-corrected chi connectivity index (χ2v) is 7.06. The number of hydrogen-bond acceptors (Lipinski definition) is 4. The van der Waals surface area contributed by atoms with Gasteiger partial charge in [0.15, 0.2) is 0 Å². The fourth-order valence-electron chi connectivity index (χ4n) is 1.30. The first-order chi connectivity index (χ1) is 7.99. The molecule has 0 atom stereocenters. The summed E-state index contributed by atoms with van der Waals surface area (Å²) < 4.78 is 27.3. The Bertz CT molecular complexity index is 618. The highest BCUT2D eigenvalue weighted by Crippen LogP contribution is 2.20. The van der Waals surface area contributed by atoms with Crippen LogP contribution in [-0.2, 0) is 16.6 Å². The molecule has 0 aliphatic heterocycles. The molecule has 0 aliphatic carbocycles. The van der Waals surface area contributed by atoms with Gasteiger partial charge < -0.3 is 0 Å². The molecule has 2 N–H and O–H groups in total. The Balaban J connectivity index is 2.11. The molecule has 0 saturated heterocycles.